The molecule has 92 valence electrons. The maximum Gasteiger partial charge on any atom is 0.334 e. The molecule has 16 heavy (non-hydrogen) atoms. The van der Waals surface area contributed by atoms with Crippen LogP contribution in [-0.4, -0.2) is 49.5 Å². The predicted molar refractivity (Wildman–Crippen MR) is 55.0 cm³/mol. The van der Waals surface area contributed by atoms with Gasteiger partial charge in [-0.3, -0.25) is 4.79 Å². The van der Waals surface area contributed by atoms with Crippen LogP contribution in [0.15, 0.2) is 0 Å². The Morgan fingerprint density at radius 3 is 2.75 bits per heavy atom. The van der Waals surface area contributed by atoms with Gasteiger partial charge in [0.2, 0.25) is 5.91 Å². The second-order valence-electron chi connectivity index (χ2n) is 3.87. The van der Waals surface area contributed by atoms with E-state index in [1.165, 1.54) is 7.11 Å². The fraction of sp³-hybridized carbons (Fsp3) is 0.800. The van der Waals surface area contributed by atoms with E-state index in [0.29, 0.717) is 6.61 Å². The summed E-state index contributed by atoms with van der Waals surface area (Å²) in [6.45, 7) is 2.46. The smallest absolute Gasteiger partial charge is 0.334 e. The van der Waals surface area contributed by atoms with Gasteiger partial charge in [-0.05, 0) is 12.3 Å². The molecule has 1 fully saturated rings. The van der Waals surface area contributed by atoms with Crippen molar-refractivity contribution in [2.75, 3.05) is 20.3 Å². The molecule has 0 aliphatic carbocycles. The minimum Gasteiger partial charge on any atom is -0.479 e. The molecule has 1 aliphatic rings. The zero-order valence-corrected chi connectivity index (χ0v) is 9.43. The van der Waals surface area contributed by atoms with Crippen LogP contribution in [-0.2, 0) is 19.1 Å². The number of carboxylic acid groups (broad SMARTS) is 1. The molecule has 6 heteroatoms. The molecule has 1 aliphatic heterocycles. The standard InChI is InChI=1S/C10H17NO5/c1-6-3-4-16-8(6)9(12)11-5-7(15-2)10(13)14/h6-8H,3-5H2,1-2H3,(H,11,12)(H,13,14). The molecule has 0 aromatic heterocycles. The van der Waals surface area contributed by atoms with Gasteiger partial charge in [0.25, 0.3) is 0 Å². The number of carbonyl (C=O) groups excluding carboxylic acids is 1. The Labute approximate surface area is 93.9 Å². The average Bonchev–Trinajstić information content (AvgIpc) is 2.64. The molecule has 1 heterocycles. The molecule has 3 atom stereocenters. The SMILES string of the molecule is COC(CNC(=O)C1OCCC1C)C(=O)O. The quantitative estimate of drug-likeness (QED) is 0.674. The highest BCUT2D eigenvalue weighted by Gasteiger charge is 2.31. The van der Waals surface area contributed by atoms with E-state index in [9.17, 15) is 9.59 Å². The molecule has 0 bridgehead atoms. The van der Waals surface area contributed by atoms with Gasteiger partial charge in [-0.1, -0.05) is 6.92 Å². The van der Waals surface area contributed by atoms with E-state index in [-0.39, 0.29) is 18.4 Å². The van der Waals surface area contributed by atoms with Crippen molar-refractivity contribution in [2.24, 2.45) is 5.92 Å². The van der Waals surface area contributed by atoms with Gasteiger partial charge in [0.05, 0.1) is 6.54 Å². The Hall–Kier alpha value is -1.14. The summed E-state index contributed by atoms with van der Waals surface area (Å²) in [7, 11) is 1.29. The highest BCUT2D eigenvalue weighted by molar-refractivity contribution is 5.82. The van der Waals surface area contributed by atoms with E-state index < -0.39 is 18.2 Å². The van der Waals surface area contributed by atoms with Crippen molar-refractivity contribution in [1.82, 2.24) is 5.32 Å². The lowest BCUT2D eigenvalue weighted by molar-refractivity contribution is -0.148. The van der Waals surface area contributed by atoms with E-state index in [2.05, 4.69) is 5.32 Å². The molecule has 0 aromatic rings. The Kier molecular flexibility index (Phi) is 4.70. The molecule has 1 amide bonds. The molecule has 1 saturated heterocycles. The summed E-state index contributed by atoms with van der Waals surface area (Å²) in [6.07, 6.45) is -0.628. The molecule has 2 N–H and O–H groups in total. The topological polar surface area (TPSA) is 84.9 Å². The maximum absolute atomic E-state index is 11.6. The third kappa shape index (κ3) is 3.18. The van der Waals surface area contributed by atoms with Gasteiger partial charge in [0, 0.05) is 13.7 Å². The molecule has 0 aromatic carbocycles. The number of amides is 1. The summed E-state index contributed by atoms with van der Waals surface area (Å²) < 4.78 is 9.95. The number of nitrogens with one attached hydrogen (secondary N) is 1. The van der Waals surface area contributed by atoms with Gasteiger partial charge in [-0.15, -0.1) is 0 Å². The molecule has 6 nitrogen and oxygen atoms in total. The number of hydrogen-bond acceptors (Lipinski definition) is 4. The first-order chi connectivity index (χ1) is 7.56. The molecular weight excluding hydrogens is 214 g/mol. The van der Waals surface area contributed by atoms with Gasteiger partial charge < -0.3 is 19.9 Å². The summed E-state index contributed by atoms with van der Waals surface area (Å²) in [6, 6.07) is 0. The van der Waals surface area contributed by atoms with E-state index in [1.807, 2.05) is 6.92 Å². The van der Waals surface area contributed by atoms with Crippen molar-refractivity contribution in [2.45, 2.75) is 25.6 Å². The van der Waals surface area contributed by atoms with Crippen molar-refractivity contribution in [3.05, 3.63) is 0 Å². The third-order valence-electron chi connectivity index (χ3n) is 2.67. The van der Waals surface area contributed by atoms with Crippen LogP contribution in [0.1, 0.15) is 13.3 Å². The summed E-state index contributed by atoms with van der Waals surface area (Å²) >= 11 is 0. The van der Waals surface area contributed by atoms with Crippen molar-refractivity contribution >= 4 is 11.9 Å². The molecule has 0 saturated carbocycles. The van der Waals surface area contributed by atoms with Crippen molar-refractivity contribution in [3.63, 3.8) is 0 Å². The summed E-state index contributed by atoms with van der Waals surface area (Å²) in [4.78, 5) is 22.2. The lowest BCUT2D eigenvalue weighted by Crippen LogP contribution is -2.43. The second-order valence-corrected chi connectivity index (χ2v) is 3.87. The summed E-state index contributed by atoms with van der Waals surface area (Å²) in [5, 5.41) is 11.2. The van der Waals surface area contributed by atoms with Gasteiger partial charge in [0.1, 0.15) is 6.10 Å². The number of ether oxygens (including phenoxy) is 2. The fourth-order valence-electron chi connectivity index (χ4n) is 1.60. The van der Waals surface area contributed by atoms with Crippen LogP contribution in [0, 0.1) is 5.92 Å². The molecule has 1 rings (SSSR count). The van der Waals surface area contributed by atoms with Crippen LogP contribution in [0.4, 0.5) is 0 Å². The van der Waals surface area contributed by atoms with Crippen molar-refractivity contribution in [1.29, 1.82) is 0 Å². The normalized spacial score (nSPS) is 26.4. The maximum atomic E-state index is 11.6. The molecule has 0 spiro atoms. The Bertz CT molecular complexity index is 268. The number of carboxylic acids is 1. The van der Waals surface area contributed by atoms with Crippen LogP contribution < -0.4 is 5.32 Å². The zero-order valence-electron chi connectivity index (χ0n) is 9.43. The number of hydrogen-bond donors (Lipinski definition) is 2. The average molecular weight is 231 g/mol. The first-order valence-electron chi connectivity index (χ1n) is 5.21. The first kappa shape index (κ1) is 12.9. The minimum atomic E-state index is -1.09. The highest BCUT2D eigenvalue weighted by Crippen LogP contribution is 2.19. The fourth-order valence-corrected chi connectivity index (χ4v) is 1.60. The zero-order chi connectivity index (χ0) is 12.1. The monoisotopic (exact) mass is 231 g/mol. The van der Waals surface area contributed by atoms with E-state index >= 15 is 0 Å². The Morgan fingerprint density at radius 2 is 2.31 bits per heavy atom. The van der Waals surface area contributed by atoms with Crippen molar-refractivity contribution < 1.29 is 24.2 Å². The first-order valence-corrected chi connectivity index (χ1v) is 5.21. The Balaban J connectivity index is 2.37. The van der Waals surface area contributed by atoms with Gasteiger partial charge >= 0.3 is 5.97 Å². The number of carbonyl (C=O) groups is 2. The van der Waals surface area contributed by atoms with Gasteiger partial charge in [-0.2, -0.15) is 0 Å². The van der Waals surface area contributed by atoms with Crippen LogP contribution in [0.3, 0.4) is 0 Å². The van der Waals surface area contributed by atoms with Gasteiger partial charge in [-0.25, -0.2) is 4.79 Å². The highest BCUT2D eigenvalue weighted by atomic mass is 16.5. The second kappa shape index (κ2) is 5.81. The van der Waals surface area contributed by atoms with E-state index in [1.54, 1.807) is 0 Å². The van der Waals surface area contributed by atoms with E-state index in [4.69, 9.17) is 14.6 Å². The van der Waals surface area contributed by atoms with Crippen LogP contribution in [0.5, 0.6) is 0 Å². The number of rotatable bonds is 5. The predicted octanol–water partition coefficient (Wildman–Crippen LogP) is -0.373. The summed E-state index contributed by atoms with van der Waals surface area (Å²) in [5.41, 5.74) is 0. The minimum absolute atomic E-state index is 0.0444. The summed E-state index contributed by atoms with van der Waals surface area (Å²) in [5.74, 6) is -1.19. The third-order valence-corrected chi connectivity index (χ3v) is 2.67. The molecular formula is C10H17NO5. The lowest BCUT2D eigenvalue weighted by Gasteiger charge is -2.16. The number of aliphatic carboxylic acids is 1. The molecule has 3 unspecified atom stereocenters. The largest absolute Gasteiger partial charge is 0.479 e. The Morgan fingerprint density at radius 1 is 1.62 bits per heavy atom. The molecule has 0 radical (unpaired) electrons. The van der Waals surface area contributed by atoms with Crippen LogP contribution in [0.2, 0.25) is 0 Å². The number of methoxy groups -OCH3 is 1. The van der Waals surface area contributed by atoms with Gasteiger partial charge in [0.15, 0.2) is 6.10 Å². The van der Waals surface area contributed by atoms with Crippen LogP contribution >= 0.6 is 0 Å². The van der Waals surface area contributed by atoms with Crippen LogP contribution in [0.25, 0.3) is 0 Å². The lowest BCUT2D eigenvalue weighted by atomic mass is 10.0. The van der Waals surface area contributed by atoms with Crippen molar-refractivity contribution in [3.8, 4) is 0 Å². The van der Waals surface area contributed by atoms with E-state index in [0.717, 1.165) is 6.42 Å².